The Morgan fingerprint density at radius 3 is 2.83 bits per heavy atom. The van der Waals surface area contributed by atoms with Crippen LogP contribution in [-0.2, 0) is 11.3 Å². The Bertz CT molecular complexity index is 337. The molecule has 0 fully saturated rings. The number of thiazole rings is 1. The number of hydrogen-bond acceptors (Lipinski definition) is 3. The van der Waals surface area contributed by atoms with E-state index in [0.29, 0.717) is 6.42 Å². The van der Waals surface area contributed by atoms with E-state index >= 15 is 0 Å². The third kappa shape index (κ3) is 2.25. The molecular weight excluding hydrogens is 190 g/mol. The molecule has 0 unspecified atom stereocenters. The van der Waals surface area contributed by atoms with Crippen LogP contribution in [0, 0.1) is 10.9 Å². The summed E-state index contributed by atoms with van der Waals surface area (Å²) in [5, 5.41) is 2.02. The van der Waals surface area contributed by atoms with Crippen LogP contribution in [0.4, 0.5) is 0 Å². The van der Waals surface area contributed by atoms with Gasteiger partial charge in [-0.2, -0.15) is 0 Å². The Morgan fingerprint density at radius 1 is 1.75 bits per heavy atom. The maximum atomic E-state index is 10.7. The van der Waals surface area contributed by atoms with E-state index in [-0.39, 0.29) is 5.78 Å². The fraction of sp³-hybridized carbons (Fsp3) is 0.500. The second-order valence-corrected chi connectivity index (χ2v) is 4.25. The highest BCUT2D eigenvalue weighted by Crippen LogP contribution is 2.10. The van der Waals surface area contributed by atoms with E-state index in [1.807, 2.05) is 16.9 Å². The molecule has 12 heavy (non-hydrogen) atoms. The molecule has 0 saturated carbocycles. The van der Waals surface area contributed by atoms with Gasteiger partial charge < -0.3 is 4.57 Å². The number of nitrogens with zero attached hydrogens (tertiary/aromatic N) is 1. The smallest absolute Gasteiger partial charge is 0.161 e. The third-order valence-electron chi connectivity index (χ3n) is 1.66. The van der Waals surface area contributed by atoms with E-state index in [4.69, 9.17) is 12.2 Å². The minimum Gasteiger partial charge on any atom is -0.327 e. The van der Waals surface area contributed by atoms with Crippen molar-refractivity contribution in [1.82, 2.24) is 4.57 Å². The molecule has 1 heterocycles. The summed E-state index contributed by atoms with van der Waals surface area (Å²) < 4.78 is 2.86. The molecule has 0 aliphatic heterocycles. The Morgan fingerprint density at radius 2 is 2.42 bits per heavy atom. The number of aromatic nitrogens is 1. The molecule has 1 aromatic heterocycles. The van der Waals surface area contributed by atoms with Crippen LogP contribution < -0.4 is 0 Å². The van der Waals surface area contributed by atoms with Crippen molar-refractivity contribution >= 4 is 29.3 Å². The highest BCUT2D eigenvalue weighted by atomic mass is 32.1. The van der Waals surface area contributed by atoms with E-state index in [0.717, 1.165) is 16.2 Å². The normalized spacial score (nSPS) is 10.2. The topological polar surface area (TPSA) is 22.0 Å². The third-order valence-corrected chi connectivity index (χ3v) is 3.05. The van der Waals surface area contributed by atoms with Crippen LogP contribution >= 0.6 is 23.6 Å². The zero-order valence-electron chi connectivity index (χ0n) is 7.16. The van der Waals surface area contributed by atoms with Crippen LogP contribution in [0.1, 0.15) is 19.0 Å². The Labute approximate surface area is 80.8 Å². The molecule has 0 atom stereocenters. The maximum Gasteiger partial charge on any atom is 0.161 e. The standard InChI is InChI=1S/C8H11NOS2/c1-6-5-12-8(11)9(6)4-3-7(2)10/h5H,3-4H2,1-2H3. The lowest BCUT2D eigenvalue weighted by molar-refractivity contribution is -0.117. The van der Waals surface area contributed by atoms with Crippen molar-refractivity contribution in [3.8, 4) is 0 Å². The largest absolute Gasteiger partial charge is 0.327 e. The molecule has 1 aromatic rings. The van der Waals surface area contributed by atoms with Gasteiger partial charge in [-0.3, -0.25) is 4.79 Å². The summed E-state index contributed by atoms with van der Waals surface area (Å²) in [4.78, 5) is 10.7. The van der Waals surface area contributed by atoms with Crippen molar-refractivity contribution < 1.29 is 4.79 Å². The van der Waals surface area contributed by atoms with Gasteiger partial charge in [-0.25, -0.2) is 0 Å². The molecule has 0 aromatic carbocycles. The number of rotatable bonds is 3. The van der Waals surface area contributed by atoms with Crippen LogP contribution in [0.15, 0.2) is 5.38 Å². The molecule has 0 amide bonds. The number of aryl methyl sites for hydroxylation is 1. The Hall–Kier alpha value is -0.480. The summed E-state index contributed by atoms with van der Waals surface area (Å²) in [6.07, 6.45) is 0.575. The first-order chi connectivity index (χ1) is 5.61. The molecule has 2 nitrogen and oxygen atoms in total. The van der Waals surface area contributed by atoms with Crippen molar-refractivity contribution in [2.45, 2.75) is 26.8 Å². The predicted octanol–water partition coefficient (Wildman–Crippen LogP) is 2.57. The molecule has 4 heteroatoms. The highest BCUT2D eigenvalue weighted by Gasteiger charge is 2.00. The van der Waals surface area contributed by atoms with Crippen molar-refractivity contribution in [2.24, 2.45) is 0 Å². The zero-order chi connectivity index (χ0) is 9.14. The van der Waals surface area contributed by atoms with Crippen molar-refractivity contribution in [3.05, 3.63) is 15.0 Å². The van der Waals surface area contributed by atoms with E-state index in [2.05, 4.69) is 0 Å². The minimum atomic E-state index is 0.211. The Kier molecular flexibility index (Phi) is 3.17. The zero-order valence-corrected chi connectivity index (χ0v) is 8.80. The van der Waals surface area contributed by atoms with Gasteiger partial charge in [-0.05, 0) is 26.1 Å². The van der Waals surface area contributed by atoms with Gasteiger partial charge in [0.1, 0.15) is 5.78 Å². The summed E-state index contributed by atoms with van der Waals surface area (Å²) in [5.74, 6) is 0.211. The number of ketones is 1. The van der Waals surface area contributed by atoms with Crippen LogP contribution in [0.5, 0.6) is 0 Å². The van der Waals surface area contributed by atoms with Gasteiger partial charge in [-0.1, -0.05) is 0 Å². The lowest BCUT2D eigenvalue weighted by Crippen LogP contribution is -2.03. The SMILES string of the molecule is CC(=O)CCn1c(C)csc1=S. The molecule has 0 spiro atoms. The second kappa shape index (κ2) is 3.96. The Balaban J connectivity index is 2.75. The number of carbonyl (C=O) groups is 1. The van der Waals surface area contributed by atoms with Gasteiger partial charge in [-0.15, -0.1) is 11.3 Å². The fourth-order valence-corrected chi connectivity index (χ4v) is 2.08. The van der Waals surface area contributed by atoms with Gasteiger partial charge in [0, 0.05) is 24.0 Å². The first kappa shape index (κ1) is 9.61. The summed E-state index contributed by atoms with van der Waals surface area (Å²) in [6, 6.07) is 0. The van der Waals surface area contributed by atoms with Crippen molar-refractivity contribution in [3.63, 3.8) is 0 Å². The molecule has 0 saturated heterocycles. The van der Waals surface area contributed by atoms with E-state index in [1.165, 1.54) is 0 Å². The van der Waals surface area contributed by atoms with Crippen LogP contribution in [0.2, 0.25) is 0 Å². The number of carbonyl (C=O) groups excluding carboxylic acids is 1. The van der Waals surface area contributed by atoms with Crippen LogP contribution in [-0.4, -0.2) is 10.4 Å². The van der Waals surface area contributed by atoms with Crippen molar-refractivity contribution in [1.29, 1.82) is 0 Å². The molecule has 0 N–H and O–H groups in total. The summed E-state index contributed by atoms with van der Waals surface area (Å²) in [6.45, 7) is 4.33. The summed E-state index contributed by atoms with van der Waals surface area (Å²) in [7, 11) is 0. The van der Waals surface area contributed by atoms with E-state index in [1.54, 1.807) is 18.3 Å². The second-order valence-electron chi connectivity index (χ2n) is 2.75. The van der Waals surface area contributed by atoms with Crippen LogP contribution in [0.3, 0.4) is 0 Å². The molecule has 0 bridgehead atoms. The predicted molar refractivity (Wildman–Crippen MR) is 53.2 cm³/mol. The minimum absolute atomic E-state index is 0.211. The van der Waals surface area contributed by atoms with Gasteiger partial charge in [0.15, 0.2) is 3.95 Å². The molecule has 0 aliphatic rings. The fourth-order valence-electron chi connectivity index (χ4n) is 0.944. The average molecular weight is 201 g/mol. The molecule has 66 valence electrons. The number of hydrogen-bond donors (Lipinski definition) is 0. The van der Waals surface area contributed by atoms with Crippen molar-refractivity contribution in [2.75, 3.05) is 0 Å². The summed E-state index contributed by atoms with van der Waals surface area (Å²) >= 11 is 6.64. The first-order valence-electron chi connectivity index (χ1n) is 3.75. The average Bonchev–Trinajstić information content (AvgIpc) is 2.28. The number of Topliss-reactive ketones (excluding diaryl/α,β-unsaturated/α-hetero) is 1. The highest BCUT2D eigenvalue weighted by molar-refractivity contribution is 7.73. The lowest BCUT2D eigenvalue weighted by Gasteiger charge is -2.02. The van der Waals surface area contributed by atoms with Gasteiger partial charge in [0.05, 0.1) is 0 Å². The van der Waals surface area contributed by atoms with Crippen LogP contribution in [0.25, 0.3) is 0 Å². The molecular formula is C8H11NOS2. The maximum absolute atomic E-state index is 10.7. The monoisotopic (exact) mass is 201 g/mol. The van der Waals surface area contributed by atoms with Gasteiger partial charge in [0.25, 0.3) is 0 Å². The molecule has 0 aliphatic carbocycles. The van der Waals surface area contributed by atoms with E-state index in [9.17, 15) is 4.79 Å². The summed E-state index contributed by atoms with van der Waals surface area (Å²) in [5.41, 5.74) is 1.14. The lowest BCUT2D eigenvalue weighted by atomic mass is 10.3. The van der Waals surface area contributed by atoms with Gasteiger partial charge >= 0.3 is 0 Å². The van der Waals surface area contributed by atoms with Gasteiger partial charge in [0.2, 0.25) is 0 Å². The van der Waals surface area contributed by atoms with E-state index < -0.39 is 0 Å². The molecule has 1 rings (SSSR count). The quantitative estimate of drug-likeness (QED) is 0.701. The first-order valence-corrected chi connectivity index (χ1v) is 5.04. The molecule has 0 radical (unpaired) electrons.